The quantitative estimate of drug-likeness (QED) is 0.382. The highest BCUT2D eigenvalue weighted by molar-refractivity contribution is 5.97. The molecule has 4 heteroatoms. The molecule has 0 saturated heterocycles. The molecule has 0 amide bonds. The van der Waals surface area contributed by atoms with E-state index in [1.165, 1.54) is 5.56 Å². The van der Waals surface area contributed by atoms with Crippen molar-refractivity contribution in [3.05, 3.63) is 65.2 Å². The summed E-state index contributed by atoms with van der Waals surface area (Å²) in [6, 6.07) is 15.3. The molecule has 0 saturated carbocycles. The number of nitrogens with zero attached hydrogens (tertiary/aromatic N) is 1. The molecule has 0 aliphatic heterocycles. The zero-order valence-electron chi connectivity index (χ0n) is 10.7. The summed E-state index contributed by atoms with van der Waals surface area (Å²) in [5.41, 5.74) is 8.48. The molecule has 0 spiro atoms. The number of hydrogen-bond acceptors (Lipinski definition) is 3. The Balaban J connectivity index is 2.00. The van der Waals surface area contributed by atoms with Gasteiger partial charge in [0, 0.05) is 5.56 Å². The van der Waals surface area contributed by atoms with Crippen LogP contribution in [0.25, 0.3) is 0 Å². The fourth-order valence-electron chi connectivity index (χ4n) is 1.75. The van der Waals surface area contributed by atoms with Gasteiger partial charge in [-0.25, -0.2) is 0 Å². The van der Waals surface area contributed by atoms with E-state index < -0.39 is 0 Å². The number of nitrogens with two attached hydrogens (primary N) is 1. The molecule has 0 aromatic heterocycles. The lowest BCUT2D eigenvalue weighted by atomic mass is 10.1. The average Bonchev–Trinajstić information content (AvgIpc) is 2.45. The lowest BCUT2D eigenvalue weighted by molar-refractivity contribution is 0.306. The molecule has 0 radical (unpaired) electrons. The van der Waals surface area contributed by atoms with Crippen LogP contribution in [0.5, 0.6) is 5.75 Å². The van der Waals surface area contributed by atoms with Gasteiger partial charge in [0.05, 0.1) is 0 Å². The van der Waals surface area contributed by atoms with Gasteiger partial charge in [0.1, 0.15) is 12.4 Å². The van der Waals surface area contributed by atoms with Crippen molar-refractivity contribution in [1.82, 2.24) is 0 Å². The Hall–Kier alpha value is -2.49. The van der Waals surface area contributed by atoms with Crippen molar-refractivity contribution < 1.29 is 9.94 Å². The van der Waals surface area contributed by atoms with Crippen LogP contribution >= 0.6 is 0 Å². The third-order valence-electron chi connectivity index (χ3n) is 2.75. The van der Waals surface area contributed by atoms with Crippen molar-refractivity contribution in [3.63, 3.8) is 0 Å². The van der Waals surface area contributed by atoms with E-state index in [1.54, 1.807) is 24.3 Å². The first-order valence-corrected chi connectivity index (χ1v) is 5.95. The molecule has 0 heterocycles. The first-order chi connectivity index (χ1) is 9.19. The molecule has 0 unspecified atom stereocenters. The van der Waals surface area contributed by atoms with Crippen molar-refractivity contribution in [3.8, 4) is 5.75 Å². The number of hydrogen-bond donors (Lipinski definition) is 2. The van der Waals surface area contributed by atoms with Crippen molar-refractivity contribution in [2.45, 2.75) is 13.5 Å². The summed E-state index contributed by atoms with van der Waals surface area (Å²) in [7, 11) is 0. The number of oxime groups is 1. The third-order valence-corrected chi connectivity index (χ3v) is 2.75. The van der Waals surface area contributed by atoms with Gasteiger partial charge in [0.2, 0.25) is 0 Å². The smallest absolute Gasteiger partial charge is 0.170 e. The van der Waals surface area contributed by atoms with Gasteiger partial charge in [-0.2, -0.15) is 0 Å². The first-order valence-electron chi connectivity index (χ1n) is 5.95. The summed E-state index contributed by atoms with van der Waals surface area (Å²) in [4.78, 5) is 0. The van der Waals surface area contributed by atoms with Crippen molar-refractivity contribution in [2.24, 2.45) is 10.9 Å². The van der Waals surface area contributed by atoms with E-state index >= 15 is 0 Å². The maximum atomic E-state index is 8.57. The lowest BCUT2D eigenvalue weighted by Crippen LogP contribution is -2.12. The van der Waals surface area contributed by atoms with E-state index in [0.717, 1.165) is 11.3 Å². The summed E-state index contributed by atoms with van der Waals surface area (Å²) in [5.74, 6) is 0.834. The molecule has 0 atom stereocenters. The largest absolute Gasteiger partial charge is 0.489 e. The van der Waals surface area contributed by atoms with Crippen LogP contribution in [0.3, 0.4) is 0 Å². The molecule has 0 fully saturated rings. The van der Waals surface area contributed by atoms with Gasteiger partial charge in [-0.15, -0.1) is 0 Å². The van der Waals surface area contributed by atoms with Gasteiger partial charge < -0.3 is 15.7 Å². The fraction of sp³-hybridized carbons (Fsp3) is 0.133. The van der Waals surface area contributed by atoms with Crippen LogP contribution in [-0.2, 0) is 6.61 Å². The molecule has 0 aliphatic carbocycles. The van der Waals surface area contributed by atoms with Crippen molar-refractivity contribution in [1.29, 1.82) is 0 Å². The number of aryl methyl sites for hydroxylation is 1. The van der Waals surface area contributed by atoms with Crippen molar-refractivity contribution >= 4 is 5.84 Å². The van der Waals surface area contributed by atoms with Crippen LogP contribution in [0.4, 0.5) is 0 Å². The van der Waals surface area contributed by atoms with E-state index in [1.807, 2.05) is 12.1 Å². The van der Waals surface area contributed by atoms with E-state index in [0.29, 0.717) is 12.2 Å². The average molecular weight is 256 g/mol. The van der Waals surface area contributed by atoms with Gasteiger partial charge in [0.25, 0.3) is 0 Å². The Kier molecular flexibility index (Phi) is 4.03. The summed E-state index contributed by atoms with van der Waals surface area (Å²) >= 11 is 0. The highest BCUT2D eigenvalue weighted by Gasteiger charge is 2.00. The molecule has 0 aliphatic rings. The second kappa shape index (κ2) is 5.91. The maximum Gasteiger partial charge on any atom is 0.170 e. The molecular weight excluding hydrogens is 240 g/mol. The number of ether oxygens (including phenoxy) is 1. The van der Waals surface area contributed by atoms with Gasteiger partial charge in [-0.05, 0) is 36.8 Å². The molecule has 4 nitrogen and oxygen atoms in total. The summed E-state index contributed by atoms with van der Waals surface area (Å²) in [6.07, 6.45) is 0. The topological polar surface area (TPSA) is 67.8 Å². The first kappa shape index (κ1) is 13.0. The van der Waals surface area contributed by atoms with E-state index in [2.05, 4.69) is 24.2 Å². The van der Waals surface area contributed by atoms with E-state index in [4.69, 9.17) is 15.7 Å². The van der Waals surface area contributed by atoms with E-state index in [-0.39, 0.29) is 5.84 Å². The van der Waals surface area contributed by atoms with Crippen LogP contribution < -0.4 is 10.5 Å². The minimum Gasteiger partial charge on any atom is -0.489 e. The molecule has 0 bridgehead atoms. The number of amidine groups is 1. The van der Waals surface area contributed by atoms with Gasteiger partial charge >= 0.3 is 0 Å². The summed E-state index contributed by atoms with van der Waals surface area (Å²) in [5, 5.41) is 11.5. The molecule has 98 valence electrons. The van der Waals surface area contributed by atoms with Crippen LogP contribution in [0, 0.1) is 6.92 Å². The maximum absolute atomic E-state index is 8.57. The predicted molar refractivity (Wildman–Crippen MR) is 74.5 cm³/mol. The minimum absolute atomic E-state index is 0.0882. The Morgan fingerprint density at radius 2 is 1.95 bits per heavy atom. The molecule has 2 rings (SSSR count). The third kappa shape index (κ3) is 3.48. The van der Waals surface area contributed by atoms with Gasteiger partial charge in [0.15, 0.2) is 5.84 Å². The predicted octanol–water partition coefficient (Wildman–Crippen LogP) is 2.67. The van der Waals surface area contributed by atoms with Gasteiger partial charge in [-0.3, -0.25) is 0 Å². The van der Waals surface area contributed by atoms with Crippen LogP contribution in [-0.4, -0.2) is 11.0 Å². The minimum atomic E-state index is 0.0882. The SMILES string of the molecule is Cc1cccc(COc2ccc(/C(N)=N/O)cc2)c1. The second-order valence-corrected chi connectivity index (χ2v) is 4.29. The van der Waals surface area contributed by atoms with E-state index in [9.17, 15) is 0 Å². The summed E-state index contributed by atoms with van der Waals surface area (Å²) < 4.78 is 5.67. The van der Waals surface area contributed by atoms with Crippen LogP contribution in [0.1, 0.15) is 16.7 Å². The van der Waals surface area contributed by atoms with Crippen LogP contribution in [0.15, 0.2) is 53.7 Å². The fourth-order valence-corrected chi connectivity index (χ4v) is 1.75. The lowest BCUT2D eigenvalue weighted by Gasteiger charge is -2.07. The highest BCUT2D eigenvalue weighted by Crippen LogP contribution is 2.14. The normalized spacial score (nSPS) is 11.3. The molecule has 19 heavy (non-hydrogen) atoms. The Labute approximate surface area is 112 Å². The molecule has 2 aromatic carbocycles. The van der Waals surface area contributed by atoms with Gasteiger partial charge in [-0.1, -0.05) is 35.0 Å². The summed E-state index contributed by atoms with van der Waals surface area (Å²) in [6.45, 7) is 2.57. The Morgan fingerprint density at radius 3 is 2.58 bits per heavy atom. The second-order valence-electron chi connectivity index (χ2n) is 4.29. The highest BCUT2D eigenvalue weighted by atomic mass is 16.5. The molecule has 3 N–H and O–H groups in total. The zero-order valence-corrected chi connectivity index (χ0v) is 10.7. The van der Waals surface area contributed by atoms with Crippen molar-refractivity contribution in [2.75, 3.05) is 0 Å². The monoisotopic (exact) mass is 256 g/mol. The number of rotatable bonds is 4. The number of benzene rings is 2. The Morgan fingerprint density at radius 1 is 1.21 bits per heavy atom. The Bertz CT molecular complexity index is 577. The van der Waals surface area contributed by atoms with Crippen LogP contribution in [0.2, 0.25) is 0 Å². The standard InChI is InChI=1S/C15H16N2O2/c1-11-3-2-4-12(9-11)10-19-14-7-5-13(6-8-14)15(16)17-18/h2-9,18H,10H2,1H3,(H2,16,17). The molecule has 2 aromatic rings. The molecular formula is C15H16N2O2. The zero-order chi connectivity index (χ0) is 13.7.